The van der Waals surface area contributed by atoms with E-state index in [1.54, 1.807) is 0 Å². The van der Waals surface area contributed by atoms with Gasteiger partial charge in [-0.15, -0.1) is 0 Å². The quantitative estimate of drug-likeness (QED) is 0.270. The number of halogens is 3. The van der Waals surface area contributed by atoms with E-state index in [2.05, 4.69) is 58.4 Å². The lowest BCUT2D eigenvalue weighted by molar-refractivity contribution is 1.20. The molecule has 0 unspecified atom stereocenters. The molecule has 17 heavy (non-hydrogen) atoms. The summed E-state index contributed by atoms with van der Waals surface area (Å²) in [6, 6.07) is 1.83. The van der Waals surface area contributed by atoms with Gasteiger partial charge in [-0.05, 0) is 50.4 Å². The van der Waals surface area contributed by atoms with Crippen LogP contribution in [0.15, 0.2) is 19.5 Å². The molecule has 1 aromatic carbocycles. The zero-order valence-electron chi connectivity index (χ0n) is 8.79. The lowest BCUT2D eigenvalue weighted by Gasteiger charge is -2.14. The van der Waals surface area contributed by atoms with Crippen LogP contribution in [0.3, 0.4) is 0 Å². The van der Waals surface area contributed by atoms with Gasteiger partial charge in [0.15, 0.2) is 11.9 Å². The minimum Gasteiger partial charge on any atom is -0.370 e. The van der Waals surface area contributed by atoms with Crippen molar-refractivity contribution in [3.05, 3.63) is 25.0 Å². The first-order valence-electron chi connectivity index (χ1n) is 4.43. The summed E-state index contributed by atoms with van der Waals surface area (Å²) >= 11 is 10.3. The molecule has 8 heteroatoms. The van der Waals surface area contributed by atoms with Crippen LogP contribution in [0.25, 0.3) is 0 Å². The molecule has 0 saturated carbocycles. The second-order valence-corrected chi connectivity index (χ2v) is 5.64. The first-order chi connectivity index (χ1) is 7.82. The molecule has 1 aromatic rings. The van der Waals surface area contributed by atoms with Gasteiger partial charge in [0.25, 0.3) is 0 Å². The maximum absolute atomic E-state index is 7.55. The first-order valence-corrected chi connectivity index (χ1v) is 6.81. The van der Waals surface area contributed by atoms with Gasteiger partial charge in [-0.25, -0.2) is 0 Å². The van der Waals surface area contributed by atoms with E-state index in [1.807, 2.05) is 13.0 Å². The third kappa shape index (κ3) is 3.68. The average Bonchev–Trinajstić information content (AvgIpc) is 2.21. The summed E-state index contributed by atoms with van der Waals surface area (Å²) in [5, 5.41) is 19.7. The van der Waals surface area contributed by atoms with Crippen molar-refractivity contribution < 1.29 is 0 Å². The third-order valence-electron chi connectivity index (χ3n) is 1.91. The predicted octanol–water partition coefficient (Wildman–Crippen LogP) is 3.11. The number of anilines is 1. The fourth-order valence-electron chi connectivity index (χ4n) is 1.08. The van der Waals surface area contributed by atoms with Crippen LogP contribution >= 0.6 is 47.8 Å². The number of hydrogen-bond acceptors (Lipinski definition) is 2. The van der Waals surface area contributed by atoms with Crippen molar-refractivity contribution in [1.29, 1.82) is 10.8 Å². The standard InChI is InChI=1S/C9H10Br3N5/c1-3-4(10)2-5(7(12)6(3)11)16-9(15)17-8(13)14/h2H,1H3,(H6,13,14,15,16,17). The highest BCUT2D eigenvalue weighted by molar-refractivity contribution is 9.13. The van der Waals surface area contributed by atoms with Gasteiger partial charge in [-0.1, -0.05) is 15.9 Å². The molecule has 5 nitrogen and oxygen atoms in total. The number of guanidine groups is 2. The Morgan fingerprint density at radius 1 is 1.24 bits per heavy atom. The van der Waals surface area contributed by atoms with E-state index in [0.29, 0.717) is 5.69 Å². The van der Waals surface area contributed by atoms with Crippen molar-refractivity contribution in [1.82, 2.24) is 5.32 Å². The summed E-state index contributed by atoms with van der Waals surface area (Å²) in [4.78, 5) is 0. The van der Waals surface area contributed by atoms with Crippen LogP contribution in [0.1, 0.15) is 5.56 Å². The van der Waals surface area contributed by atoms with Gasteiger partial charge in [0.2, 0.25) is 0 Å². The second-order valence-electron chi connectivity index (χ2n) is 3.20. The topological polar surface area (TPSA) is 97.8 Å². The van der Waals surface area contributed by atoms with E-state index in [4.69, 9.17) is 16.6 Å². The van der Waals surface area contributed by atoms with Crippen molar-refractivity contribution in [3.8, 4) is 0 Å². The summed E-state index contributed by atoms with van der Waals surface area (Å²) < 4.78 is 2.60. The largest absolute Gasteiger partial charge is 0.370 e. The van der Waals surface area contributed by atoms with Crippen LogP contribution in [0, 0.1) is 17.7 Å². The van der Waals surface area contributed by atoms with Crippen molar-refractivity contribution in [2.45, 2.75) is 6.92 Å². The predicted molar refractivity (Wildman–Crippen MR) is 80.7 cm³/mol. The lowest BCUT2D eigenvalue weighted by Crippen LogP contribution is -2.39. The smallest absolute Gasteiger partial charge is 0.199 e. The minimum atomic E-state index is -0.288. The Bertz CT molecular complexity index is 486. The maximum atomic E-state index is 7.55. The average molecular weight is 428 g/mol. The zero-order chi connectivity index (χ0) is 13.2. The molecule has 6 N–H and O–H groups in total. The molecule has 0 heterocycles. The molecule has 0 amide bonds. The lowest BCUT2D eigenvalue weighted by atomic mass is 10.2. The number of nitrogens with one attached hydrogen (secondary N) is 4. The number of rotatable bonds is 1. The molecule has 92 valence electrons. The number of nitrogens with two attached hydrogens (primary N) is 1. The minimum absolute atomic E-state index is 0.0687. The highest BCUT2D eigenvalue weighted by Gasteiger charge is 2.11. The van der Waals surface area contributed by atoms with Gasteiger partial charge >= 0.3 is 0 Å². The summed E-state index contributed by atoms with van der Waals surface area (Å²) in [7, 11) is 0. The fourth-order valence-corrected chi connectivity index (χ4v) is 2.71. The van der Waals surface area contributed by atoms with Gasteiger partial charge in [-0.2, -0.15) is 0 Å². The number of hydrogen-bond donors (Lipinski definition) is 5. The SMILES string of the molecule is Cc1c(Br)cc(NC(=N)NC(=N)N)c(Br)c1Br. The van der Waals surface area contributed by atoms with Crippen molar-refractivity contribution in [2.24, 2.45) is 5.73 Å². The summed E-state index contributed by atoms with van der Waals surface area (Å²) in [6.07, 6.45) is 0. The monoisotopic (exact) mass is 425 g/mol. The van der Waals surface area contributed by atoms with E-state index in [0.717, 1.165) is 19.0 Å². The Morgan fingerprint density at radius 3 is 2.35 bits per heavy atom. The van der Waals surface area contributed by atoms with Crippen molar-refractivity contribution in [3.63, 3.8) is 0 Å². The number of benzene rings is 1. The molecule has 0 aromatic heterocycles. The molecule has 0 spiro atoms. The summed E-state index contributed by atoms with van der Waals surface area (Å²) in [6.45, 7) is 1.96. The molecule has 0 aliphatic heterocycles. The second kappa shape index (κ2) is 5.83. The van der Waals surface area contributed by atoms with E-state index in [1.165, 1.54) is 0 Å². The Hall–Kier alpha value is -0.600. The van der Waals surface area contributed by atoms with Crippen LogP contribution < -0.4 is 16.4 Å². The van der Waals surface area contributed by atoms with Crippen LogP contribution in [-0.4, -0.2) is 11.9 Å². The van der Waals surface area contributed by atoms with Gasteiger partial charge in [0, 0.05) is 8.95 Å². The zero-order valence-corrected chi connectivity index (χ0v) is 13.5. The molecular weight excluding hydrogens is 418 g/mol. The van der Waals surface area contributed by atoms with Gasteiger partial charge in [-0.3, -0.25) is 16.1 Å². The molecular formula is C9H10Br3N5. The van der Waals surface area contributed by atoms with Gasteiger partial charge < -0.3 is 11.1 Å². The molecule has 0 aliphatic carbocycles. The first kappa shape index (κ1) is 14.5. The van der Waals surface area contributed by atoms with Crippen LogP contribution in [0.2, 0.25) is 0 Å². The Balaban J connectivity index is 3.00. The highest BCUT2D eigenvalue weighted by Crippen LogP contribution is 2.37. The molecule has 0 bridgehead atoms. The Kier molecular flexibility index (Phi) is 4.96. The van der Waals surface area contributed by atoms with E-state index in [9.17, 15) is 0 Å². The summed E-state index contributed by atoms with van der Waals surface area (Å²) in [5.41, 5.74) is 6.87. The normalized spacial score (nSPS) is 9.88. The molecule has 0 aliphatic rings. The molecule has 0 atom stereocenters. The Labute approximate surface area is 124 Å². The summed E-state index contributed by atoms with van der Waals surface area (Å²) in [5.74, 6) is -0.357. The maximum Gasteiger partial charge on any atom is 0.199 e. The van der Waals surface area contributed by atoms with E-state index < -0.39 is 0 Å². The molecule has 0 radical (unpaired) electrons. The van der Waals surface area contributed by atoms with Crippen LogP contribution in [-0.2, 0) is 0 Å². The van der Waals surface area contributed by atoms with Gasteiger partial charge in [0.1, 0.15) is 0 Å². The van der Waals surface area contributed by atoms with Crippen LogP contribution in [0.5, 0.6) is 0 Å². The van der Waals surface area contributed by atoms with Gasteiger partial charge in [0.05, 0.1) is 10.2 Å². The molecule has 0 saturated heterocycles. The fraction of sp³-hybridized carbons (Fsp3) is 0.111. The molecule has 1 rings (SSSR count). The van der Waals surface area contributed by atoms with E-state index >= 15 is 0 Å². The highest BCUT2D eigenvalue weighted by atomic mass is 79.9. The van der Waals surface area contributed by atoms with Crippen LogP contribution in [0.4, 0.5) is 5.69 Å². The third-order valence-corrected chi connectivity index (χ3v) is 5.08. The van der Waals surface area contributed by atoms with Crippen molar-refractivity contribution in [2.75, 3.05) is 5.32 Å². The molecule has 0 fully saturated rings. The van der Waals surface area contributed by atoms with Crippen molar-refractivity contribution >= 4 is 65.4 Å². The van der Waals surface area contributed by atoms with E-state index in [-0.39, 0.29) is 11.9 Å². The Morgan fingerprint density at radius 2 is 1.82 bits per heavy atom.